The minimum Gasteiger partial charge on any atom is -0.490 e. The van der Waals surface area contributed by atoms with Crippen molar-refractivity contribution >= 4 is 28.8 Å². The average molecular weight is 285 g/mol. The molecule has 0 aliphatic rings. The second-order valence-electron chi connectivity index (χ2n) is 3.61. The fourth-order valence-electron chi connectivity index (χ4n) is 1.46. The van der Waals surface area contributed by atoms with Gasteiger partial charge in [0.2, 0.25) is 0 Å². The van der Waals surface area contributed by atoms with Gasteiger partial charge in [-0.1, -0.05) is 11.6 Å². The van der Waals surface area contributed by atoms with Gasteiger partial charge in [0.1, 0.15) is 6.33 Å². The third-order valence-corrected chi connectivity index (χ3v) is 3.56. The summed E-state index contributed by atoms with van der Waals surface area (Å²) in [5, 5.41) is 6.61. The molecule has 0 spiro atoms. The van der Waals surface area contributed by atoms with Crippen molar-refractivity contribution in [2.24, 2.45) is 0 Å². The summed E-state index contributed by atoms with van der Waals surface area (Å²) in [6.07, 6.45) is 2.24. The highest BCUT2D eigenvalue weighted by molar-refractivity contribution is 7.09. The molecule has 0 unspecified atom stereocenters. The van der Waals surface area contributed by atoms with Gasteiger partial charge in [-0.05, 0) is 6.92 Å². The Bertz CT molecular complexity index is 532. The van der Waals surface area contributed by atoms with Crippen LogP contribution in [0.25, 0.3) is 0 Å². The van der Waals surface area contributed by atoms with Crippen LogP contribution in [0.3, 0.4) is 0 Å². The van der Waals surface area contributed by atoms with Gasteiger partial charge < -0.3 is 10.1 Å². The number of nitrogens with one attached hydrogen (secondary N) is 1. The molecule has 0 bridgehead atoms. The van der Waals surface area contributed by atoms with Crippen LogP contribution in [0.4, 0.5) is 5.82 Å². The van der Waals surface area contributed by atoms with Crippen molar-refractivity contribution in [3.05, 3.63) is 27.6 Å². The zero-order valence-electron chi connectivity index (χ0n) is 10.1. The molecule has 2 aromatic heterocycles. The molecule has 18 heavy (non-hydrogen) atoms. The van der Waals surface area contributed by atoms with Crippen LogP contribution in [0.15, 0.2) is 11.7 Å². The summed E-state index contributed by atoms with van der Waals surface area (Å²) in [5.41, 5.74) is 1.05. The Labute approximate surface area is 114 Å². The summed E-state index contributed by atoms with van der Waals surface area (Å²) in [5.74, 6) is 1.07. The number of aromatic nitrogens is 3. The van der Waals surface area contributed by atoms with E-state index in [-0.39, 0.29) is 0 Å². The molecule has 2 heterocycles. The van der Waals surface area contributed by atoms with Gasteiger partial charge in [-0.15, -0.1) is 11.3 Å². The maximum Gasteiger partial charge on any atom is 0.198 e. The van der Waals surface area contributed by atoms with E-state index in [1.54, 1.807) is 18.4 Å². The van der Waals surface area contributed by atoms with Crippen LogP contribution in [0.2, 0.25) is 5.15 Å². The number of thiazole rings is 1. The normalized spacial score (nSPS) is 10.4. The molecule has 2 rings (SSSR count). The molecule has 2 aromatic rings. The summed E-state index contributed by atoms with van der Waals surface area (Å²) in [6.45, 7) is 2.71. The number of methoxy groups -OCH3 is 1. The summed E-state index contributed by atoms with van der Waals surface area (Å²) < 4.78 is 5.15. The third-order valence-electron chi connectivity index (χ3n) is 2.26. The molecule has 1 N–H and O–H groups in total. The monoisotopic (exact) mass is 284 g/mol. The van der Waals surface area contributed by atoms with Crippen molar-refractivity contribution in [2.45, 2.75) is 13.3 Å². The number of hydrogen-bond acceptors (Lipinski definition) is 6. The molecule has 0 saturated carbocycles. The topological polar surface area (TPSA) is 59.9 Å². The summed E-state index contributed by atoms with van der Waals surface area (Å²) in [6, 6.07) is 0. The number of rotatable bonds is 5. The maximum atomic E-state index is 5.90. The Kier molecular flexibility index (Phi) is 4.33. The lowest BCUT2D eigenvalue weighted by Crippen LogP contribution is -2.08. The first-order valence-electron chi connectivity index (χ1n) is 5.40. The van der Waals surface area contributed by atoms with Gasteiger partial charge in [0.25, 0.3) is 0 Å². The van der Waals surface area contributed by atoms with Crippen molar-refractivity contribution in [2.75, 3.05) is 19.0 Å². The van der Waals surface area contributed by atoms with Gasteiger partial charge in [0.05, 0.1) is 12.1 Å². The first-order chi connectivity index (χ1) is 8.70. The van der Waals surface area contributed by atoms with Crippen molar-refractivity contribution in [3.63, 3.8) is 0 Å². The summed E-state index contributed by atoms with van der Waals surface area (Å²) in [7, 11) is 1.54. The van der Waals surface area contributed by atoms with Gasteiger partial charge in [-0.25, -0.2) is 15.0 Å². The molecule has 0 fully saturated rings. The summed E-state index contributed by atoms with van der Waals surface area (Å²) >= 11 is 7.56. The van der Waals surface area contributed by atoms with Crippen molar-refractivity contribution in [1.29, 1.82) is 0 Å². The second kappa shape index (κ2) is 5.97. The van der Waals surface area contributed by atoms with E-state index in [0.717, 1.165) is 23.7 Å². The van der Waals surface area contributed by atoms with Crippen LogP contribution in [0.1, 0.15) is 10.7 Å². The number of hydrogen-bond donors (Lipinski definition) is 1. The Morgan fingerprint density at radius 3 is 2.94 bits per heavy atom. The van der Waals surface area contributed by atoms with Crippen molar-refractivity contribution in [1.82, 2.24) is 15.0 Å². The molecule has 96 valence electrons. The van der Waals surface area contributed by atoms with E-state index in [1.807, 2.05) is 12.3 Å². The number of ether oxygens (including phenoxy) is 1. The lowest BCUT2D eigenvalue weighted by atomic mass is 10.4. The highest BCUT2D eigenvalue weighted by Gasteiger charge is 2.09. The standard InChI is InChI=1S/C11H13ClN4OS/c1-7-5-18-8(16-7)3-4-13-11-9(17-2)10(12)14-6-15-11/h5-6H,3-4H2,1-2H3,(H,13,14,15). The number of halogens is 1. The summed E-state index contributed by atoms with van der Waals surface area (Å²) in [4.78, 5) is 12.3. The Morgan fingerprint density at radius 1 is 1.44 bits per heavy atom. The van der Waals surface area contributed by atoms with Crippen LogP contribution in [0, 0.1) is 6.92 Å². The van der Waals surface area contributed by atoms with Gasteiger partial charge in [-0.3, -0.25) is 0 Å². The minimum absolute atomic E-state index is 0.306. The predicted octanol–water partition coefficient (Wildman–Crippen LogP) is 2.56. The predicted molar refractivity (Wildman–Crippen MR) is 72.6 cm³/mol. The zero-order chi connectivity index (χ0) is 13.0. The highest BCUT2D eigenvalue weighted by atomic mass is 35.5. The van der Waals surface area contributed by atoms with Gasteiger partial charge in [0.15, 0.2) is 16.7 Å². The van der Waals surface area contributed by atoms with Crippen LogP contribution >= 0.6 is 22.9 Å². The van der Waals surface area contributed by atoms with E-state index < -0.39 is 0 Å². The highest BCUT2D eigenvalue weighted by Crippen LogP contribution is 2.28. The smallest absolute Gasteiger partial charge is 0.198 e. The first-order valence-corrected chi connectivity index (χ1v) is 6.66. The van der Waals surface area contributed by atoms with E-state index in [0.29, 0.717) is 16.7 Å². The second-order valence-corrected chi connectivity index (χ2v) is 4.91. The van der Waals surface area contributed by atoms with E-state index in [4.69, 9.17) is 16.3 Å². The number of anilines is 1. The molecule has 7 heteroatoms. The molecule has 0 amide bonds. The van der Waals surface area contributed by atoms with Gasteiger partial charge in [0, 0.05) is 24.0 Å². The fraction of sp³-hybridized carbons (Fsp3) is 0.364. The quantitative estimate of drug-likeness (QED) is 0.855. The number of nitrogens with zero attached hydrogens (tertiary/aromatic N) is 3. The lowest BCUT2D eigenvalue weighted by Gasteiger charge is -2.09. The van der Waals surface area contributed by atoms with Crippen LogP contribution in [-0.2, 0) is 6.42 Å². The van der Waals surface area contributed by atoms with E-state index in [1.165, 1.54) is 6.33 Å². The molecule has 5 nitrogen and oxygen atoms in total. The van der Waals surface area contributed by atoms with Crippen LogP contribution in [-0.4, -0.2) is 28.6 Å². The van der Waals surface area contributed by atoms with Gasteiger partial charge in [-0.2, -0.15) is 0 Å². The van der Waals surface area contributed by atoms with E-state index in [2.05, 4.69) is 20.3 Å². The number of aryl methyl sites for hydroxylation is 1. The molecule has 0 atom stereocenters. The van der Waals surface area contributed by atoms with E-state index >= 15 is 0 Å². The molecule has 0 radical (unpaired) electrons. The van der Waals surface area contributed by atoms with Crippen LogP contribution < -0.4 is 10.1 Å². The zero-order valence-corrected chi connectivity index (χ0v) is 11.7. The molecule has 0 aliphatic carbocycles. The Balaban J connectivity index is 1.96. The Morgan fingerprint density at radius 2 is 2.28 bits per heavy atom. The molecular formula is C11H13ClN4OS. The van der Waals surface area contributed by atoms with E-state index in [9.17, 15) is 0 Å². The Hall–Kier alpha value is -1.40. The SMILES string of the molecule is COc1c(Cl)ncnc1NCCc1nc(C)cs1. The van der Waals surface area contributed by atoms with Crippen LogP contribution in [0.5, 0.6) is 5.75 Å². The minimum atomic E-state index is 0.306. The molecule has 0 aliphatic heterocycles. The van der Waals surface area contributed by atoms with Gasteiger partial charge >= 0.3 is 0 Å². The fourth-order valence-corrected chi connectivity index (χ4v) is 2.45. The molecule has 0 aromatic carbocycles. The third kappa shape index (κ3) is 3.08. The molecular weight excluding hydrogens is 272 g/mol. The lowest BCUT2D eigenvalue weighted by molar-refractivity contribution is 0.413. The largest absolute Gasteiger partial charge is 0.490 e. The average Bonchev–Trinajstić information content (AvgIpc) is 2.75. The maximum absolute atomic E-state index is 5.90. The molecule has 0 saturated heterocycles. The van der Waals surface area contributed by atoms with Crippen molar-refractivity contribution < 1.29 is 4.74 Å². The van der Waals surface area contributed by atoms with Crippen molar-refractivity contribution in [3.8, 4) is 5.75 Å². The first kappa shape index (κ1) is 13.0.